The van der Waals surface area contributed by atoms with Crippen molar-refractivity contribution in [1.29, 1.82) is 0 Å². The van der Waals surface area contributed by atoms with Crippen molar-refractivity contribution in [3.63, 3.8) is 0 Å². The standard InChI is InChI=1S/C52H57N9O5/c1-36-7-9-40(10-8-36)52(63)60(4)26-28-64-29-30-65-35-44-34-61(58-57-44)25-5-23-53-51(62)39-13-11-37(12-14-39)47-33-43-16-15-41(31-48(43)54-47)42-19-22-46-49(32-42)56-50(55-46)38-17-20-45(21-18-38)66-27-6-24-59(2)3/h7-22,31-32,34H,5-6,23-30,33,35H2,1-4H3,(H,53,62)(H,55,56). The summed E-state index contributed by atoms with van der Waals surface area (Å²) in [6, 6.07) is 36.0. The fourth-order valence-corrected chi connectivity index (χ4v) is 7.62. The number of ether oxygens (including phenoxy) is 3. The van der Waals surface area contributed by atoms with Crippen LogP contribution in [0.15, 0.2) is 120 Å². The number of likely N-dealkylation sites (N-methyl/N-ethyl adjacent to an activating group) is 1. The first kappa shape index (κ1) is 45.6. The van der Waals surface area contributed by atoms with Crippen LogP contribution < -0.4 is 10.1 Å². The number of benzene rings is 5. The van der Waals surface area contributed by atoms with Gasteiger partial charge in [-0.05, 0) is 123 Å². The summed E-state index contributed by atoms with van der Waals surface area (Å²) in [4.78, 5) is 42.7. The van der Waals surface area contributed by atoms with Gasteiger partial charge in [-0.25, -0.2) is 4.98 Å². The zero-order valence-electron chi connectivity index (χ0n) is 38.1. The molecule has 0 saturated heterocycles. The maximum absolute atomic E-state index is 13.0. The molecule has 1 aliphatic heterocycles. The highest BCUT2D eigenvalue weighted by atomic mass is 16.5. The van der Waals surface area contributed by atoms with Crippen molar-refractivity contribution in [2.24, 2.45) is 4.99 Å². The van der Waals surface area contributed by atoms with E-state index in [9.17, 15) is 9.59 Å². The Bertz CT molecular complexity index is 2760. The Morgan fingerprint density at radius 3 is 2.29 bits per heavy atom. The second kappa shape index (κ2) is 21.8. The fourth-order valence-electron chi connectivity index (χ4n) is 7.62. The highest BCUT2D eigenvalue weighted by Crippen LogP contribution is 2.35. The predicted molar refractivity (Wildman–Crippen MR) is 258 cm³/mol. The van der Waals surface area contributed by atoms with Gasteiger partial charge in [0.05, 0.1) is 61.7 Å². The molecule has 14 heteroatoms. The summed E-state index contributed by atoms with van der Waals surface area (Å²) in [6.45, 7) is 6.81. The minimum Gasteiger partial charge on any atom is -0.494 e. The number of aromatic amines is 1. The van der Waals surface area contributed by atoms with Crippen molar-refractivity contribution in [1.82, 2.24) is 40.1 Å². The third-order valence-electron chi connectivity index (χ3n) is 11.4. The lowest BCUT2D eigenvalue weighted by Crippen LogP contribution is -2.30. The molecule has 0 spiro atoms. The van der Waals surface area contributed by atoms with Crippen molar-refractivity contribution in [2.45, 2.75) is 39.3 Å². The number of H-pyrrole nitrogens is 1. The molecule has 0 saturated carbocycles. The van der Waals surface area contributed by atoms with Gasteiger partial charge in [-0.2, -0.15) is 0 Å². The highest BCUT2D eigenvalue weighted by molar-refractivity contribution is 6.07. The van der Waals surface area contributed by atoms with E-state index in [1.165, 1.54) is 5.56 Å². The number of hydrogen-bond donors (Lipinski definition) is 2. The van der Waals surface area contributed by atoms with E-state index in [1.807, 2.05) is 85.9 Å². The summed E-state index contributed by atoms with van der Waals surface area (Å²) in [6.07, 6.45) is 4.25. The summed E-state index contributed by atoms with van der Waals surface area (Å²) >= 11 is 0. The van der Waals surface area contributed by atoms with Crippen LogP contribution in [-0.4, -0.2) is 119 Å². The first-order valence-corrected chi connectivity index (χ1v) is 22.5. The number of fused-ring (bicyclic) bond motifs is 2. The number of amides is 2. The van der Waals surface area contributed by atoms with Gasteiger partial charge in [0.1, 0.15) is 17.3 Å². The number of aliphatic imine (C=N–C) groups is 1. The molecule has 66 heavy (non-hydrogen) atoms. The normalized spacial score (nSPS) is 12.1. The third-order valence-corrected chi connectivity index (χ3v) is 11.4. The molecule has 0 atom stereocenters. The van der Waals surface area contributed by atoms with Gasteiger partial charge in [-0.15, -0.1) is 5.10 Å². The van der Waals surface area contributed by atoms with Crippen LogP contribution in [0.2, 0.25) is 0 Å². The van der Waals surface area contributed by atoms with E-state index in [2.05, 4.69) is 76.0 Å². The molecule has 2 amide bonds. The van der Waals surface area contributed by atoms with Gasteiger partial charge in [0.15, 0.2) is 0 Å². The molecular weight excluding hydrogens is 831 g/mol. The van der Waals surface area contributed by atoms with Gasteiger partial charge in [0.25, 0.3) is 11.8 Å². The van der Waals surface area contributed by atoms with Gasteiger partial charge in [0.2, 0.25) is 0 Å². The lowest BCUT2D eigenvalue weighted by atomic mass is 9.99. The van der Waals surface area contributed by atoms with Crippen LogP contribution >= 0.6 is 0 Å². The Kier molecular flexibility index (Phi) is 15.0. The minimum atomic E-state index is -0.127. The van der Waals surface area contributed by atoms with E-state index < -0.39 is 0 Å². The summed E-state index contributed by atoms with van der Waals surface area (Å²) in [5, 5.41) is 11.4. The van der Waals surface area contributed by atoms with Crippen LogP contribution in [0.3, 0.4) is 0 Å². The van der Waals surface area contributed by atoms with E-state index >= 15 is 0 Å². The van der Waals surface area contributed by atoms with E-state index in [1.54, 1.807) is 16.6 Å². The maximum atomic E-state index is 13.0. The first-order chi connectivity index (χ1) is 32.1. The number of carbonyl (C=O) groups excluding carboxylic acids is 2. The molecule has 2 N–H and O–H groups in total. The van der Waals surface area contributed by atoms with Gasteiger partial charge in [0, 0.05) is 56.3 Å². The van der Waals surface area contributed by atoms with Crippen LogP contribution in [0.4, 0.5) is 5.69 Å². The Hall–Kier alpha value is -7.00. The Labute approximate surface area is 385 Å². The summed E-state index contributed by atoms with van der Waals surface area (Å²) in [5.74, 6) is 1.52. The molecular formula is C52H57N9O5. The molecule has 3 heterocycles. The Morgan fingerprint density at radius 2 is 1.48 bits per heavy atom. The van der Waals surface area contributed by atoms with Crippen LogP contribution in [0.5, 0.6) is 5.75 Å². The number of imidazole rings is 1. The number of rotatable bonds is 22. The minimum absolute atomic E-state index is 0.0312. The summed E-state index contributed by atoms with van der Waals surface area (Å²) in [5.41, 5.74) is 12.2. The van der Waals surface area contributed by atoms with Crippen LogP contribution in [0.1, 0.15) is 55.9 Å². The lowest BCUT2D eigenvalue weighted by molar-refractivity contribution is 0.0322. The number of carbonyl (C=O) groups is 2. The molecule has 340 valence electrons. The third kappa shape index (κ3) is 12.0. The number of aryl methyl sites for hydroxylation is 2. The Balaban J connectivity index is 0.743. The van der Waals surface area contributed by atoms with E-state index in [0.717, 1.165) is 86.9 Å². The number of nitrogens with one attached hydrogen (secondary N) is 2. The van der Waals surface area contributed by atoms with Crippen molar-refractivity contribution < 1.29 is 23.8 Å². The molecule has 0 fully saturated rings. The van der Waals surface area contributed by atoms with Crippen LogP contribution in [0.25, 0.3) is 33.5 Å². The number of aromatic nitrogens is 5. The van der Waals surface area contributed by atoms with Crippen LogP contribution in [-0.2, 0) is 29.0 Å². The number of nitrogens with zero attached hydrogens (tertiary/aromatic N) is 7. The zero-order chi connectivity index (χ0) is 45.8. The molecule has 14 nitrogen and oxygen atoms in total. The van der Waals surface area contributed by atoms with Crippen molar-refractivity contribution in [3.8, 4) is 28.3 Å². The zero-order valence-corrected chi connectivity index (χ0v) is 38.1. The molecule has 0 aliphatic carbocycles. The van der Waals surface area contributed by atoms with Gasteiger partial charge >= 0.3 is 0 Å². The first-order valence-electron chi connectivity index (χ1n) is 22.5. The molecule has 7 aromatic rings. The predicted octanol–water partition coefficient (Wildman–Crippen LogP) is 7.93. The van der Waals surface area contributed by atoms with Crippen LogP contribution in [0, 0.1) is 6.92 Å². The van der Waals surface area contributed by atoms with Gasteiger partial charge in [-0.1, -0.05) is 53.2 Å². The lowest BCUT2D eigenvalue weighted by Gasteiger charge is -2.17. The van der Waals surface area contributed by atoms with Crippen molar-refractivity contribution in [2.75, 3.05) is 67.2 Å². The maximum Gasteiger partial charge on any atom is 0.253 e. The summed E-state index contributed by atoms with van der Waals surface area (Å²) in [7, 11) is 5.90. The second-order valence-corrected chi connectivity index (χ2v) is 16.8. The highest BCUT2D eigenvalue weighted by Gasteiger charge is 2.18. The van der Waals surface area contributed by atoms with Gasteiger partial charge < -0.3 is 34.3 Å². The Morgan fingerprint density at radius 1 is 0.758 bits per heavy atom. The molecule has 2 aromatic heterocycles. The molecule has 0 unspecified atom stereocenters. The molecule has 8 rings (SSSR count). The van der Waals surface area contributed by atoms with E-state index in [-0.39, 0.29) is 11.8 Å². The molecule has 5 aromatic carbocycles. The second-order valence-electron chi connectivity index (χ2n) is 16.8. The average Bonchev–Trinajstić information content (AvgIpc) is 4.10. The summed E-state index contributed by atoms with van der Waals surface area (Å²) < 4.78 is 19.0. The van der Waals surface area contributed by atoms with E-state index in [4.69, 9.17) is 24.2 Å². The molecule has 1 aliphatic rings. The number of hydrogen-bond acceptors (Lipinski definition) is 10. The fraction of sp³-hybridized carbons (Fsp3) is 0.308. The van der Waals surface area contributed by atoms with Crippen molar-refractivity contribution in [3.05, 3.63) is 149 Å². The smallest absolute Gasteiger partial charge is 0.253 e. The SMILES string of the molecule is Cc1ccc(C(=O)N(C)CCOCCOCc2cn(CCCNC(=O)c3ccc(C4=Nc5cc(-c6ccc7nc(-c8ccc(OCCCN(C)C)cc8)[nH]c7c6)ccc5C4)cc3)nn2)cc1. The van der Waals surface area contributed by atoms with Crippen molar-refractivity contribution >= 4 is 34.2 Å². The quantitative estimate of drug-likeness (QED) is 0.0647. The largest absolute Gasteiger partial charge is 0.494 e. The molecule has 0 radical (unpaired) electrons. The monoisotopic (exact) mass is 887 g/mol. The topological polar surface area (TPSA) is 152 Å². The average molecular weight is 888 g/mol. The molecule has 0 bridgehead atoms. The van der Waals surface area contributed by atoms with E-state index in [0.29, 0.717) is 70.2 Å². The van der Waals surface area contributed by atoms with Gasteiger partial charge in [-0.3, -0.25) is 19.3 Å².